The molecule has 1 heterocycles. The van der Waals surface area contributed by atoms with Gasteiger partial charge in [-0.25, -0.2) is 0 Å². The summed E-state index contributed by atoms with van der Waals surface area (Å²) in [7, 11) is 0. The molecule has 0 bridgehead atoms. The van der Waals surface area contributed by atoms with E-state index >= 15 is 0 Å². The molecule has 4 N–H and O–H groups in total. The Labute approximate surface area is 153 Å². The fourth-order valence-electron chi connectivity index (χ4n) is 2.75. The summed E-state index contributed by atoms with van der Waals surface area (Å²) in [6.45, 7) is 3.81. The summed E-state index contributed by atoms with van der Waals surface area (Å²) in [4.78, 5) is 26.5. The Balaban J connectivity index is 1.76. The number of hydrogen-bond donors (Lipinski definition) is 3. The lowest BCUT2D eigenvalue weighted by atomic mass is 10.1. The Bertz CT molecular complexity index is 559. The van der Waals surface area contributed by atoms with E-state index in [1.807, 2.05) is 6.26 Å². The lowest BCUT2D eigenvalue weighted by molar-refractivity contribution is -0.117. The molecule has 2 rings (SSSR count). The summed E-state index contributed by atoms with van der Waals surface area (Å²) < 4.78 is 0. The first-order valence-electron chi connectivity index (χ1n) is 8.76. The summed E-state index contributed by atoms with van der Waals surface area (Å²) in [5.41, 5.74) is 7.08. The fourth-order valence-corrected chi connectivity index (χ4v) is 3.24. The van der Waals surface area contributed by atoms with Crippen molar-refractivity contribution in [2.24, 2.45) is 5.73 Å². The summed E-state index contributed by atoms with van der Waals surface area (Å²) in [6.07, 6.45) is 5.13. The van der Waals surface area contributed by atoms with Crippen LogP contribution in [0.5, 0.6) is 0 Å². The largest absolute Gasteiger partial charge is 0.351 e. The summed E-state index contributed by atoms with van der Waals surface area (Å²) in [5, 5.41) is 5.72. The predicted molar refractivity (Wildman–Crippen MR) is 104 cm³/mol. The maximum atomic E-state index is 12.1. The molecule has 1 aromatic rings. The number of anilines is 1. The van der Waals surface area contributed by atoms with Crippen molar-refractivity contribution >= 4 is 29.3 Å². The molecule has 1 atom stereocenters. The summed E-state index contributed by atoms with van der Waals surface area (Å²) >= 11 is 1.67. The van der Waals surface area contributed by atoms with Gasteiger partial charge in [0.1, 0.15) is 0 Å². The van der Waals surface area contributed by atoms with Crippen LogP contribution < -0.4 is 16.4 Å². The van der Waals surface area contributed by atoms with Gasteiger partial charge in [-0.3, -0.25) is 9.59 Å². The SMILES string of the molecule is CSCC[C@H](N)C(=O)Nc1ccc(C(=O)NCCN2CCCC2)cc1. The molecule has 2 amide bonds. The molecule has 1 fully saturated rings. The molecule has 1 saturated heterocycles. The average molecular weight is 365 g/mol. The Kier molecular flexibility index (Phi) is 8.24. The molecule has 0 aromatic heterocycles. The second-order valence-corrected chi connectivity index (χ2v) is 7.24. The van der Waals surface area contributed by atoms with E-state index < -0.39 is 6.04 Å². The number of carbonyl (C=O) groups is 2. The van der Waals surface area contributed by atoms with E-state index in [1.54, 1.807) is 36.0 Å². The van der Waals surface area contributed by atoms with Crippen LogP contribution in [0.25, 0.3) is 0 Å². The van der Waals surface area contributed by atoms with Crippen molar-refractivity contribution in [2.45, 2.75) is 25.3 Å². The molecule has 1 aromatic carbocycles. The van der Waals surface area contributed by atoms with Gasteiger partial charge >= 0.3 is 0 Å². The van der Waals surface area contributed by atoms with Gasteiger partial charge in [0.25, 0.3) is 5.91 Å². The quantitative estimate of drug-likeness (QED) is 0.619. The highest BCUT2D eigenvalue weighted by Gasteiger charge is 2.14. The van der Waals surface area contributed by atoms with Gasteiger partial charge < -0.3 is 21.3 Å². The normalized spacial score (nSPS) is 15.8. The number of rotatable bonds is 9. The van der Waals surface area contributed by atoms with Crippen molar-refractivity contribution in [1.82, 2.24) is 10.2 Å². The van der Waals surface area contributed by atoms with Gasteiger partial charge in [-0.05, 0) is 68.6 Å². The van der Waals surface area contributed by atoms with Crippen molar-refractivity contribution in [1.29, 1.82) is 0 Å². The summed E-state index contributed by atoms with van der Waals surface area (Å²) in [6, 6.07) is 6.38. The van der Waals surface area contributed by atoms with Gasteiger partial charge in [-0.1, -0.05) is 0 Å². The van der Waals surface area contributed by atoms with E-state index in [9.17, 15) is 9.59 Å². The van der Waals surface area contributed by atoms with Gasteiger partial charge in [0, 0.05) is 24.3 Å². The minimum absolute atomic E-state index is 0.0891. The fraction of sp³-hybridized carbons (Fsp3) is 0.556. The van der Waals surface area contributed by atoms with Crippen LogP contribution in [0.2, 0.25) is 0 Å². The van der Waals surface area contributed by atoms with Crippen molar-refractivity contribution in [3.63, 3.8) is 0 Å². The van der Waals surface area contributed by atoms with E-state index in [1.165, 1.54) is 12.8 Å². The highest BCUT2D eigenvalue weighted by molar-refractivity contribution is 7.98. The second-order valence-electron chi connectivity index (χ2n) is 6.26. The van der Waals surface area contributed by atoms with Gasteiger partial charge in [0.2, 0.25) is 5.91 Å². The van der Waals surface area contributed by atoms with Crippen LogP contribution in [0.3, 0.4) is 0 Å². The number of nitrogens with one attached hydrogen (secondary N) is 2. The molecular weight excluding hydrogens is 336 g/mol. The van der Waals surface area contributed by atoms with Gasteiger partial charge in [-0.2, -0.15) is 11.8 Å². The van der Waals surface area contributed by atoms with E-state index in [2.05, 4.69) is 15.5 Å². The molecule has 1 aliphatic rings. The van der Waals surface area contributed by atoms with E-state index in [4.69, 9.17) is 5.73 Å². The second kappa shape index (κ2) is 10.4. The van der Waals surface area contributed by atoms with Crippen LogP contribution in [-0.2, 0) is 4.79 Å². The maximum absolute atomic E-state index is 12.1. The Hall–Kier alpha value is -1.57. The molecule has 0 spiro atoms. The highest BCUT2D eigenvalue weighted by Crippen LogP contribution is 2.11. The van der Waals surface area contributed by atoms with Gasteiger partial charge in [-0.15, -0.1) is 0 Å². The zero-order valence-electron chi connectivity index (χ0n) is 14.8. The summed E-state index contributed by atoms with van der Waals surface area (Å²) in [5.74, 6) is 0.566. The third kappa shape index (κ3) is 6.68. The van der Waals surface area contributed by atoms with Crippen molar-refractivity contribution < 1.29 is 9.59 Å². The van der Waals surface area contributed by atoms with Crippen LogP contribution in [0.1, 0.15) is 29.6 Å². The molecule has 0 radical (unpaired) electrons. The molecule has 0 unspecified atom stereocenters. The average Bonchev–Trinajstić information content (AvgIpc) is 3.13. The lowest BCUT2D eigenvalue weighted by Gasteiger charge is -2.15. The molecule has 7 heteroatoms. The monoisotopic (exact) mass is 364 g/mol. The van der Waals surface area contributed by atoms with Crippen molar-refractivity contribution in [3.8, 4) is 0 Å². The number of nitrogens with zero attached hydrogens (tertiary/aromatic N) is 1. The van der Waals surface area contributed by atoms with Crippen LogP contribution in [-0.4, -0.2) is 60.9 Å². The first-order chi connectivity index (χ1) is 12.1. The zero-order valence-corrected chi connectivity index (χ0v) is 15.6. The standard InChI is InChI=1S/C18H28N4O2S/c1-25-13-8-16(19)18(24)21-15-6-4-14(5-7-15)17(23)20-9-12-22-10-2-3-11-22/h4-7,16H,2-3,8-13,19H2,1H3,(H,20,23)(H,21,24)/t16-/m0/s1. The van der Waals surface area contributed by atoms with Gasteiger partial charge in [0.05, 0.1) is 6.04 Å². The number of amides is 2. The number of likely N-dealkylation sites (tertiary alicyclic amines) is 1. The third-order valence-electron chi connectivity index (χ3n) is 4.30. The highest BCUT2D eigenvalue weighted by atomic mass is 32.2. The van der Waals surface area contributed by atoms with E-state index in [0.29, 0.717) is 24.2 Å². The molecular formula is C18H28N4O2S. The number of carbonyl (C=O) groups excluding carboxylic acids is 2. The third-order valence-corrected chi connectivity index (χ3v) is 4.94. The zero-order chi connectivity index (χ0) is 18.1. The van der Waals surface area contributed by atoms with Crippen LogP contribution in [0.15, 0.2) is 24.3 Å². The topological polar surface area (TPSA) is 87.5 Å². The predicted octanol–water partition coefficient (Wildman–Crippen LogP) is 1.53. The Morgan fingerprint density at radius 2 is 1.92 bits per heavy atom. The lowest BCUT2D eigenvalue weighted by Crippen LogP contribution is -2.36. The van der Waals surface area contributed by atoms with Crippen molar-refractivity contribution in [2.75, 3.05) is 43.5 Å². The van der Waals surface area contributed by atoms with Crippen LogP contribution >= 0.6 is 11.8 Å². The molecule has 25 heavy (non-hydrogen) atoms. The molecule has 138 valence electrons. The van der Waals surface area contributed by atoms with E-state index in [-0.39, 0.29) is 11.8 Å². The molecule has 6 nitrogen and oxygen atoms in total. The molecule has 0 aliphatic carbocycles. The maximum Gasteiger partial charge on any atom is 0.251 e. The first kappa shape index (κ1) is 19.8. The number of nitrogens with two attached hydrogens (primary N) is 1. The van der Waals surface area contributed by atoms with Crippen LogP contribution in [0.4, 0.5) is 5.69 Å². The smallest absolute Gasteiger partial charge is 0.251 e. The van der Waals surface area contributed by atoms with Crippen molar-refractivity contribution in [3.05, 3.63) is 29.8 Å². The number of benzene rings is 1. The Morgan fingerprint density at radius 1 is 1.24 bits per heavy atom. The minimum Gasteiger partial charge on any atom is -0.351 e. The first-order valence-corrected chi connectivity index (χ1v) is 10.2. The molecule has 0 saturated carbocycles. The minimum atomic E-state index is -0.513. The van der Waals surface area contributed by atoms with Crippen LogP contribution in [0, 0.1) is 0 Å². The number of thioether (sulfide) groups is 1. The van der Waals surface area contributed by atoms with Gasteiger partial charge in [0.15, 0.2) is 0 Å². The Morgan fingerprint density at radius 3 is 2.56 bits per heavy atom. The molecule has 1 aliphatic heterocycles. The number of hydrogen-bond acceptors (Lipinski definition) is 5. The van der Waals surface area contributed by atoms with E-state index in [0.717, 1.165) is 25.4 Å².